The van der Waals surface area contributed by atoms with Crippen molar-refractivity contribution in [2.24, 2.45) is 5.92 Å². The minimum absolute atomic E-state index is 0.497. The first-order chi connectivity index (χ1) is 12.3. The van der Waals surface area contributed by atoms with Crippen molar-refractivity contribution in [1.29, 1.82) is 0 Å². The molecule has 1 aliphatic rings. The fraction of sp³-hybridized carbons (Fsp3) is 0.350. The molecule has 4 rings (SSSR count). The Morgan fingerprint density at radius 1 is 1.00 bits per heavy atom. The number of aromatic nitrogens is 3. The second-order valence-corrected chi connectivity index (χ2v) is 6.76. The smallest absolute Gasteiger partial charge is 0.166 e. The van der Waals surface area contributed by atoms with Gasteiger partial charge in [0, 0.05) is 13.1 Å². The van der Waals surface area contributed by atoms with Gasteiger partial charge in [-0.15, -0.1) is 0 Å². The lowest BCUT2D eigenvalue weighted by molar-refractivity contribution is 0.381. The highest BCUT2D eigenvalue weighted by molar-refractivity contribution is 5.87. The Labute approximate surface area is 147 Å². The van der Waals surface area contributed by atoms with Gasteiger partial charge in [0.25, 0.3) is 0 Å². The standard InChI is InChI=1S/C20H23N5/c21-18-9-8-17-19(24-18)22-14-23-20(17)25-12-10-16(11-13-25)7-6-15-4-2-1-3-5-15/h1-5,8-9,14,16H,6-7,10-13H2,(H2,21,22,23,24). The van der Waals surface area contributed by atoms with Crippen molar-refractivity contribution in [3.8, 4) is 0 Å². The number of piperidine rings is 1. The van der Waals surface area contributed by atoms with Gasteiger partial charge in [-0.25, -0.2) is 15.0 Å². The molecular weight excluding hydrogens is 310 g/mol. The molecule has 3 heterocycles. The summed E-state index contributed by atoms with van der Waals surface area (Å²) in [4.78, 5) is 15.4. The summed E-state index contributed by atoms with van der Waals surface area (Å²) in [7, 11) is 0. The van der Waals surface area contributed by atoms with Crippen LogP contribution in [0.3, 0.4) is 0 Å². The molecule has 1 saturated heterocycles. The first kappa shape index (κ1) is 15.8. The van der Waals surface area contributed by atoms with Crippen LogP contribution in [-0.2, 0) is 6.42 Å². The molecule has 0 saturated carbocycles. The molecule has 1 aromatic carbocycles. The summed E-state index contributed by atoms with van der Waals surface area (Å²) in [5.74, 6) is 2.27. The molecule has 5 heteroatoms. The molecule has 0 spiro atoms. The summed E-state index contributed by atoms with van der Waals surface area (Å²) in [5.41, 5.74) is 7.88. The summed E-state index contributed by atoms with van der Waals surface area (Å²) in [6.45, 7) is 2.08. The van der Waals surface area contributed by atoms with Crippen molar-refractivity contribution < 1.29 is 0 Å². The maximum absolute atomic E-state index is 5.77. The highest BCUT2D eigenvalue weighted by atomic mass is 15.2. The molecule has 128 valence electrons. The van der Waals surface area contributed by atoms with Crippen LogP contribution in [0.2, 0.25) is 0 Å². The number of anilines is 2. The van der Waals surface area contributed by atoms with Crippen LogP contribution in [0, 0.1) is 5.92 Å². The van der Waals surface area contributed by atoms with Crippen molar-refractivity contribution in [2.75, 3.05) is 23.7 Å². The lowest BCUT2D eigenvalue weighted by Gasteiger charge is -2.33. The fourth-order valence-corrected chi connectivity index (χ4v) is 3.64. The van der Waals surface area contributed by atoms with Gasteiger partial charge in [0.05, 0.1) is 5.39 Å². The number of hydrogen-bond acceptors (Lipinski definition) is 5. The van der Waals surface area contributed by atoms with E-state index < -0.39 is 0 Å². The van der Waals surface area contributed by atoms with Gasteiger partial charge in [-0.2, -0.15) is 0 Å². The van der Waals surface area contributed by atoms with Gasteiger partial charge in [-0.3, -0.25) is 0 Å². The van der Waals surface area contributed by atoms with Gasteiger partial charge < -0.3 is 10.6 Å². The van der Waals surface area contributed by atoms with Crippen LogP contribution in [0.4, 0.5) is 11.6 Å². The fourth-order valence-electron chi connectivity index (χ4n) is 3.64. The predicted molar refractivity (Wildman–Crippen MR) is 101 cm³/mol. The molecule has 0 bridgehead atoms. The second-order valence-electron chi connectivity index (χ2n) is 6.76. The minimum Gasteiger partial charge on any atom is -0.384 e. The average Bonchev–Trinajstić information content (AvgIpc) is 2.67. The number of nitrogen functional groups attached to an aromatic ring is 1. The van der Waals surface area contributed by atoms with Gasteiger partial charge in [0.15, 0.2) is 5.65 Å². The molecule has 5 nitrogen and oxygen atoms in total. The molecule has 0 unspecified atom stereocenters. The van der Waals surface area contributed by atoms with E-state index in [2.05, 4.69) is 50.2 Å². The first-order valence-corrected chi connectivity index (χ1v) is 8.96. The minimum atomic E-state index is 0.497. The molecule has 2 N–H and O–H groups in total. The number of rotatable bonds is 4. The molecule has 2 aromatic heterocycles. The summed E-state index contributed by atoms with van der Waals surface area (Å²) < 4.78 is 0. The van der Waals surface area contributed by atoms with Crippen molar-refractivity contribution in [3.63, 3.8) is 0 Å². The first-order valence-electron chi connectivity index (χ1n) is 8.96. The molecule has 0 aliphatic carbocycles. The van der Waals surface area contributed by atoms with Crippen LogP contribution in [0.15, 0.2) is 48.8 Å². The number of benzene rings is 1. The molecule has 1 aliphatic heterocycles. The van der Waals surface area contributed by atoms with Gasteiger partial charge in [-0.05, 0) is 49.3 Å². The van der Waals surface area contributed by atoms with Crippen LogP contribution in [0.5, 0.6) is 0 Å². The quantitative estimate of drug-likeness (QED) is 0.792. The van der Waals surface area contributed by atoms with Gasteiger partial charge in [0.2, 0.25) is 0 Å². The van der Waals surface area contributed by atoms with Crippen molar-refractivity contribution >= 4 is 22.7 Å². The molecular formula is C20H23N5. The lowest BCUT2D eigenvalue weighted by atomic mass is 9.90. The van der Waals surface area contributed by atoms with E-state index in [0.717, 1.165) is 30.2 Å². The van der Waals surface area contributed by atoms with E-state index in [1.165, 1.54) is 31.2 Å². The van der Waals surface area contributed by atoms with Crippen LogP contribution in [-0.4, -0.2) is 28.0 Å². The molecule has 1 fully saturated rings. The number of pyridine rings is 1. The van der Waals surface area contributed by atoms with Crippen LogP contribution in [0.25, 0.3) is 11.0 Å². The summed E-state index contributed by atoms with van der Waals surface area (Å²) in [5, 5.41) is 0.986. The number of hydrogen-bond donors (Lipinski definition) is 1. The SMILES string of the molecule is Nc1ccc2c(N3CCC(CCc4ccccc4)CC3)ncnc2n1. The topological polar surface area (TPSA) is 67.9 Å². The van der Waals surface area contributed by atoms with Crippen LogP contribution in [0.1, 0.15) is 24.8 Å². The lowest BCUT2D eigenvalue weighted by Crippen LogP contribution is -2.34. The Bertz CT molecular complexity index is 841. The van der Waals surface area contributed by atoms with E-state index in [1.807, 2.05) is 12.1 Å². The number of nitrogens with zero attached hydrogens (tertiary/aromatic N) is 4. The third-order valence-corrected chi connectivity index (χ3v) is 5.10. The molecule has 25 heavy (non-hydrogen) atoms. The molecule has 0 amide bonds. The van der Waals surface area contributed by atoms with E-state index in [-0.39, 0.29) is 0 Å². The van der Waals surface area contributed by atoms with E-state index in [0.29, 0.717) is 11.5 Å². The highest BCUT2D eigenvalue weighted by Gasteiger charge is 2.21. The van der Waals surface area contributed by atoms with E-state index in [4.69, 9.17) is 5.73 Å². The number of fused-ring (bicyclic) bond motifs is 1. The monoisotopic (exact) mass is 333 g/mol. The Morgan fingerprint density at radius 3 is 2.60 bits per heavy atom. The van der Waals surface area contributed by atoms with E-state index in [1.54, 1.807) is 6.33 Å². The summed E-state index contributed by atoms with van der Waals surface area (Å²) >= 11 is 0. The normalized spacial score (nSPS) is 15.6. The predicted octanol–water partition coefficient (Wildman–Crippen LogP) is 3.46. The van der Waals surface area contributed by atoms with Gasteiger partial charge in [0.1, 0.15) is 18.0 Å². The highest BCUT2D eigenvalue weighted by Crippen LogP contribution is 2.29. The Hall–Kier alpha value is -2.69. The second kappa shape index (κ2) is 7.05. The number of aryl methyl sites for hydroxylation is 1. The van der Waals surface area contributed by atoms with Crippen LogP contribution >= 0.6 is 0 Å². The molecule has 0 atom stereocenters. The van der Waals surface area contributed by atoms with Crippen molar-refractivity contribution in [3.05, 3.63) is 54.4 Å². The van der Waals surface area contributed by atoms with Crippen molar-refractivity contribution in [1.82, 2.24) is 15.0 Å². The third-order valence-electron chi connectivity index (χ3n) is 5.10. The zero-order valence-electron chi connectivity index (χ0n) is 14.3. The summed E-state index contributed by atoms with van der Waals surface area (Å²) in [6.07, 6.45) is 6.44. The molecule has 0 radical (unpaired) electrons. The molecule has 3 aromatic rings. The van der Waals surface area contributed by atoms with Crippen LogP contribution < -0.4 is 10.6 Å². The van der Waals surface area contributed by atoms with Gasteiger partial charge in [-0.1, -0.05) is 30.3 Å². The van der Waals surface area contributed by atoms with E-state index in [9.17, 15) is 0 Å². The summed E-state index contributed by atoms with van der Waals surface area (Å²) in [6, 6.07) is 14.6. The van der Waals surface area contributed by atoms with Gasteiger partial charge >= 0.3 is 0 Å². The zero-order chi connectivity index (χ0) is 17.1. The van der Waals surface area contributed by atoms with E-state index >= 15 is 0 Å². The largest absolute Gasteiger partial charge is 0.384 e. The Balaban J connectivity index is 1.40. The maximum Gasteiger partial charge on any atom is 0.166 e. The number of nitrogens with two attached hydrogens (primary N) is 1. The Morgan fingerprint density at radius 2 is 1.80 bits per heavy atom. The Kier molecular flexibility index (Phi) is 4.46. The average molecular weight is 333 g/mol. The zero-order valence-corrected chi connectivity index (χ0v) is 14.3. The third kappa shape index (κ3) is 3.55. The maximum atomic E-state index is 5.77. The van der Waals surface area contributed by atoms with Crippen molar-refractivity contribution in [2.45, 2.75) is 25.7 Å².